The van der Waals surface area contributed by atoms with Crippen LogP contribution in [0.4, 0.5) is 5.82 Å². The van der Waals surface area contributed by atoms with Crippen LogP contribution >= 0.6 is 0 Å². The van der Waals surface area contributed by atoms with Crippen molar-refractivity contribution in [1.29, 1.82) is 0 Å². The number of fused-ring (bicyclic) bond motifs is 1. The van der Waals surface area contributed by atoms with E-state index in [0.717, 1.165) is 0 Å². The SMILES string of the molecule is C[C@H](Cn1cnc2c(N)ncnc21)OCCCO. The van der Waals surface area contributed by atoms with Crippen LogP contribution in [0.2, 0.25) is 0 Å². The highest BCUT2D eigenvalue weighted by atomic mass is 16.5. The molecule has 0 saturated heterocycles. The van der Waals surface area contributed by atoms with Gasteiger partial charge in [0.2, 0.25) is 0 Å². The third kappa shape index (κ3) is 2.74. The first-order chi connectivity index (χ1) is 8.72. The molecular formula is C11H17N5O2. The summed E-state index contributed by atoms with van der Waals surface area (Å²) in [6, 6.07) is 0. The molecule has 7 heteroatoms. The highest BCUT2D eigenvalue weighted by Crippen LogP contribution is 2.14. The minimum Gasteiger partial charge on any atom is -0.396 e. The molecule has 2 rings (SSSR count). The molecule has 0 bridgehead atoms. The normalized spacial score (nSPS) is 13.0. The van der Waals surface area contributed by atoms with Gasteiger partial charge in [0, 0.05) is 13.2 Å². The zero-order valence-electron chi connectivity index (χ0n) is 10.3. The Morgan fingerprint density at radius 3 is 3.06 bits per heavy atom. The number of rotatable bonds is 6. The van der Waals surface area contributed by atoms with Crippen LogP contribution in [0, 0.1) is 0 Å². The van der Waals surface area contributed by atoms with Crippen molar-refractivity contribution in [3.8, 4) is 0 Å². The van der Waals surface area contributed by atoms with Crippen LogP contribution in [0.15, 0.2) is 12.7 Å². The zero-order valence-corrected chi connectivity index (χ0v) is 10.3. The molecule has 0 radical (unpaired) electrons. The molecule has 1 atom stereocenters. The molecule has 0 unspecified atom stereocenters. The number of nitrogens with zero attached hydrogens (tertiary/aromatic N) is 4. The van der Waals surface area contributed by atoms with Crippen molar-refractivity contribution in [2.24, 2.45) is 0 Å². The average Bonchev–Trinajstić information content (AvgIpc) is 2.74. The van der Waals surface area contributed by atoms with Crippen molar-refractivity contribution in [1.82, 2.24) is 19.5 Å². The number of aliphatic hydroxyl groups is 1. The first-order valence-corrected chi connectivity index (χ1v) is 5.86. The van der Waals surface area contributed by atoms with Crippen molar-refractivity contribution < 1.29 is 9.84 Å². The first kappa shape index (κ1) is 12.7. The average molecular weight is 251 g/mol. The maximum absolute atomic E-state index is 8.68. The van der Waals surface area contributed by atoms with Gasteiger partial charge >= 0.3 is 0 Å². The number of hydrogen-bond donors (Lipinski definition) is 2. The summed E-state index contributed by atoms with van der Waals surface area (Å²) < 4.78 is 7.44. The lowest BCUT2D eigenvalue weighted by atomic mass is 10.4. The van der Waals surface area contributed by atoms with E-state index in [1.165, 1.54) is 6.33 Å². The fourth-order valence-corrected chi connectivity index (χ4v) is 1.71. The molecule has 0 amide bonds. The Hall–Kier alpha value is -1.73. The third-order valence-corrected chi connectivity index (χ3v) is 2.59. The van der Waals surface area contributed by atoms with Crippen LogP contribution < -0.4 is 5.73 Å². The lowest BCUT2D eigenvalue weighted by molar-refractivity contribution is 0.0458. The fourth-order valence-electron chi connectivity index (χ4n) is 1.71. The van der Waals surface area contributed by atoms with Gasteiger partial charge in [-0.25, -0.2) is 15.0 Å². The van der Waals surface area contributed by atoms with Gasteiger partial charge in [0.15, 0.2) is 11.5 Å². The summed E-state index contributed by atoms with van der Waals surface area (Å²) in [5.74, 6) is 0.382. The minimum absolute atomic E-state index is 0.0186. The summed E-state index contributed by atoms with van der Waals surface area (Å²) in [5.41, 5.74) is 7.03. The Morgan fingerprint density at radius 2 is 2.28 bits per heavy atom. The molecule has 2 aromatic heterocycles. The Morgan fingerprint density at radius 1 is 1.44 bits per heavy atom. The van der Waals surface area contributed by atoms with E-state index in [1.54, 1.807) is 6.33 Å². The maximum atomic E-state index is 8.68. The van der Waals surface area contributed by atoms with E-state index in [9.17, 15) is 0 Å². The maximum Gasteiger partial charge on any atom is 0.165 e. The summed E-state index contributed by atoms with van der Waals surface area (Å²) in [6.07, 6.45) is 3.77. The summed E-state index contributed by atoms with van der Waals surface area (Å²) in [7, 11) is 0. The van der Waals surface area contributed by atoms with Gasteiger partial charge < -0.3 is 20.1 Å². The van der Waals surface area contributed by atoms with Gasteiger partial charge in [-0.2, -0.15) is 0 Å². The Labute approximate surface area is 105 Å². The molecule has 98 valence electrons. The molecule has 3 N–H and O–H groups in total. The Kier molecular flexibility index (Phi) is 4.06. The van der Waals surface area contributed by atoms with Crippen LogP contribution in [0.1, 0.15) is 13.3 Å². The van der Waals surface area contributed by atoms with Crippen LogP contribution in [-0.4, -0.2) is 43.9 Å². The first-order valence-electron chi connectivity index (χ1n) is 5.86. The number of aromatic nitrogens is 4. The molecule has 0 spiro atoms. The monoisotopic (exact) mass is 251 g/mol. The van der Waals surface area contributed by atoms with E-state index in [4.69, 9.17) is 15.6 Å². The smallest absolute Gasteiger partial charge is 0.165 e. The van der Waals surface area contributed by atoms with Crippen LogP contribution in [0.3, 0.4) is 0 Å². The molecule has 0 fully saturated rings. The molecule has 7 nitrogen and oxygen atoms in total. The van der Waals surface area contributed by atoms with Crippen LogP contribution in [-0.2, 0) is 11.3 Å². The minimum atomic E-state index is 0.0186. The molecule has 2 aromatic rings. The fraction of sp³-hybridized carbons (Fsp3) is 0.545. The standard InChI is InChI=1S/C11H17N5O2/c1-8(18-4-2-3-17)5-16-7-15-9-10(12)13-6-14-11(9)16/h6-8,17H,2-5H2,1H3,(H2,12,13,14)/t8-/m1/s1. The quantitative estimate of drug-likeness (QED) is 0.711. The predicted molar refractivity (Wildman–Crippen MR) is 66.9 cm³/mol. The van der Waals surface area contributed by atoms with Gasteiger partial charge in [0.25, 0.3) is 0 Å². The number of anilines is 1. The highest BCUT2D eigenvalue weighted by molar-refractivity contribution is 5.81. The van der Waals surface area contributed by atoms with E-state index < -0.39 is 0 Å². The van der Waals surface area contributed by atoms with Crippen molar-refractivity contribution in [2.45, 2.75) is 26.0 Å². The van der Waals surface area contributed by atoms with Crippen molar-refractivity contribution in [3.05, 3.63) is 12.7 Å². The van der Waals surface area contributed by atoms with Gasteiger partial charge in [-0.15, -0.1) is 0 Å². The lowest BCUT2D eigenvalue weighted by Gasteiger charge is -2.13. The largest absolute Gasteiger partial charge is 0.396 e. The zero-order chi connectivity index (χ0) is 13.0. The lowest BCUT2D eigenvalue weighted by Crippen LogP contribution is -2.17. The number of nitrogens with two attached hydrogens (primary N) is 1. The van der Waals surface area contributed by atoms with Gasteiger partial charge in [0.1, 0.15) is 11.8 Å². The molecule has 0 aliphatic heterocycles. The second-order valence-electron chi connectivity index (χ2n) is 4.09. The molecule has 18 heavy (non-hydrogen) atoms. The Bertz CT molecular complexity index is 513. The molecule has 0 saturated carbocycles. The summed E-state index contributed by atoms with van der Waals surface area (Å²) in [6.45, 7) is 3.29. The van der Waals surface area contributed by atoms with Crippen molar-refractivity contribution >= 4 is 17.0 Å². The summed E-state index contributed by atoms with van der Waals surface area (Å²) in [4.78, 5) is 12.2. The van der Waals surface area contributed by atoms with E-state index in [0.29, 0.717) is 36.6 Å². The second-order valence-corrected chi connectivity index (χ2v) is 4.09. The summed E-state index contributed by atoms with van der Waals surface area (Å²) in [5, 5.41) is 8.68. The van der Waals surface area contributed by atoms with E-state index in [2.05, 4.69) is 15.0 Å². The predicted octanol–water partition coefficient (Wildman–Crippen LogP) is 0.196. The van der Waals surface area contributed by atoms with Crippen molar-refractivity contribution in [2.75, 3.05) is 18.9 Å². The molecule has 0 aromatic carbocycles. The topological polar surface area (TPSA) is 99.1 Å². The second kappa shape index (κ2) is 5.74. The van der Waals surface area contributed by atoms with Crippen LogP contribution in [0.25, 0.3) is 11.2 Å². The van der Waals surface area contributed by atoms with Gasteiger partial charge in [-0.05, 0) is 13.3 Å². The van der Waals surface area contributed by atoms with Crippen molar-refractivity contribution in [3.63, 3.8) is 0 Å². The molecule has 2 heterocycles. The molecular weight excluding hydrogens is 234 g/mol. The van der Waals surface area contributed by atoms with E-state index in [-0.39, 0.29) is 12.7 Å². The van der Waals surface area contributed by atoms with Gasteiger partial charge in [-0.1, -0.05) is 0 Å². The van der Waals surface area contributed by atoms with Crippen LogP contribution in [0.5, 0.6) is 0 Å². The third-order valence-electron chi connectivity index (χ3n) is 2.59. The highest BCUT2D eigenvalue weighted by Gasteiger charge is 2.10. The van der Waals surface area contributed by atoms with E-state index in [1.807, 2.05) is 11.5 Å². The summed E-state index contributed by atoms with van der Waals surface area (Å²) >= 11 is 0. The number of nitrogen functional groups attached to an aromatic ring is 1. The number of aliphatic hydroxyl groups excluding tert-OH is 1. The number of ether oxygens (including phenoxy) is 1. The Balaban J connectivity index is 2.05. The molecule has 0 aliphatic rings. The van der Waals surface area contributed by atoms with Gasteiger partial charge in [0.05, 0.1) is 19.0 Å². The van der Waals surface area contributed by atoms with E-state index >= 15 is 0 Å². The number of imidazole rings is 1. The number of hydrogen-bond acceptors (Lipinski definition) is 6. The van der Waals surface area contributed by atoms with Gasteiger partial charge in [-0.3, -0.25) is 0 Å². The molecule has 0 aliphatic carbocycles.